The van der Waals surface area contributed by atoms with Crippen molar-refractivity contribution in [1.29, 1.82) is 0 Å². The van der Waals surface area contributed by atoms with Crippen LogP contribution in [0, 0.1) is 0 Å². The normalized spacial score (nSPS) is 15.8. The van der Waals surface area contributed by atoms with Crippen LogP contribution in [0.1, 0.15) is 46.8 Å². The Morgan fingerprint density at radius 1 is 1.23 bits per heavy atom. The Kier molecular flexibility index (Phi) is 3.90. The molecule has 0 radical (unpaired) electrons. The highest BCUT2D eigenvalue weighted by molar-refractivity contribution is 5.98. The SMILES string of the molecule is O=C(NC(c1ccccn1)C(F)(F)F)c1[nH]c(C2CC2)[n+]2ccccc12. The van der Waals surface area contributed by atoms with Crippen molar-refractivity contribution in [3.63, 3.8) is 0 Å². The molecule has 0 aliphatic heterocycles. The van der Waals surface area contributed by atoms with Crippen LogP contribution in [-0.4, -0.2) is 22.1 Å². The molecule has 3 heterocycles. The third-order valence-electron chi connectivity index (χ3n) is 4.41. The average molecular weight is 361 g/mol. The number of carbonyl (C=O) groups excluding carboxylic acids is 1. The van der Waals surface area contributed by atoms with Crippen LogP contribution in [0.5, 0.6) is 0 Å². The third kappa shape index (κ3) is 3.02. The van der Waals surface area contributed by atoms with Crippen LogP contribution in [0.15, 0.2) is 48.8 Å². The first-order chi connectivity index (χ1) is 12.4. The minimum Gasteiger partial charge on any atom is -0.332 e. The molecule has 4 rings (SSSR count). The van der Waals surface area contributed by atoms with Crippen molar-refractivity contribution in [2.75, 3.05) is 0 Å². The smallest absolute Gasteiger partial charge is 0.332 e. The van der Waals surface area contributed by atoms with Gasteiger partial charge in [0.2, 0.25) is 5.69 Å². The van der Waals surface area contributed by atoms with Crippen LogP contribution in [0.3, 0.4) is 0 Å². The summed E-state index contributed by atoms with van der Waals surface area (Å²) in [4.78, 5) is 19.4. The first-order valence-electron chi connectivity index (χ1n) is 8.26. The summed E-state index contributed by atoms with van der Waals surface area (Å²) in [6.45, 7) is 0. The summed E-state index contributed by atoms with van der Waals surface area (Å²) in [6.07, 6.45) is 0.413. The van der Waals surface area contributed by atoms with Gasteiger partial charge < -0.3 is 5.32 Å². The Morgan fingerprint density at radius 2 is 2.00 bits per heavy atom. The van der Waals surface area contributed by atoms with Crippen molar-refractivity contribution < 1.29 is 22.4 Å². The van der Waals surface area contributed by atoms with Crippen LogP contribution in [0.4, 0.5) is 13.2 Å². The largest absolute Gasteiger partial charge is 0.414 e. The number of aromatic nitrogens is 3. The second-order valence-electron chi connectivity index (χ2n) is 6.32. The van der Waals surface area contributed by atoms with Crippen molar-refractivity contribution in [3.05, 3.63) is 66.0 Å². The van der Waals surface area contributed by atoms with Crippen molar-refractivity contribution in [1.82, 2.24) is 15.3 Å². The maximum Gasteiger partial charge on any atom is 0.414 e. The summed E-state index contributed by atoms with van der Waals surface area (Å²) in [5.41, 5.74) is 0.422. The number of pyridine rings is 2. The van der Waals surface area contributed by atoms with E-state index in [0.29, 0.717) is 11.4 Å². The highest BCUT2D eigenvalue weighted by Gasteiger charge is 2.44. The zero-order chi connectivity index (χ0) is 18.3. The molecule has 0 aromatic carbocycles. The van der Waals surface area contributed by atoms with Gasteiger partial charge in [0.05, 0.1) is 17.8 Å². The number of rotatable bonds is 4. The van der Waals surface area contributed by atoms with Crippen molar-refractivity contribution in [2.45, 2.75) is 31.0 Å². The van der Waals surface area contributed by atoms with Gasteiger partial charge in [-0.15, -0.1) is 0 Å². The number of alkyl halides is 3. The molecule has 0 bridgehead atoms. The Hall–Kier alpha value is -2.90. The lowest BCUT2D eigenvalue weighted by atomic mass is 10.1. The summed E-state index contributed by atoms with van der Waals surface area (Å²) in [5.74, 6) is 0.335. The van der Waals surface area contributed by atoms with E-state index in [4.69, 9.17) is 0 Å². The van der Waals surface area contributed by atoms with Crippen molar-refractivity contribution >= 4 is 11.4 Å². The summed E-state index contributed by atoms with van der Waals surface area (Å²) >= 11 is 0. The minimum atomic E-state index is -4.65. The number of halogens is 3. The highest BCUT2D eigenvalue weighted by atomic mass is 19.4. The fraction of sp³-hybridized carbons (Fsp3) is 0.278. The molecule has 1 amide bonds. The molecule has 3 aromatic heterocycles. The molecule has 0 saturated heterocycles. The predicted molar refractivity (Wildman–Crippen MR) is 86.4 cm³/mol. The summed E-state index contributed by atoms with van der Waals surface area (Å²) in [7, 11) is 0. The molecule has 1 saturated carbocycles. The van der Waals surface area contributed by atoms with Gasteiger partial charge in [0.25, 0.3) is 11.7 Å². The van der Waals surface area contributed by atoms with E-state index in [-0.39, 0.29) is 11.4 Å². The van der Waals surface area contributed by atoms with Crippen LogP contribution >= 0.6 is 0 Å². The lowest BCUT2D eigenvalue weighted by Gasteiger charge is -2.20. The Labute approximate surface area is 146 Å². The maximum atomic E-state index is 13.5. The fourth-order valence-corrected chi connectivity index (χ4v) is 3.01. The molecule has 1 aliphatic rings. The minimum absolute atomic E-state index is 0.123. The van der Waals surface area contributed by atoms with Crippen molar-refractivity contribution in [3.8, 4) is 0 Å². The third-order valence-corrected chi connectivity index (χ3v) is 4.41. The van der Waals surface area contributed by atoms with E-state index in [1.54, 1.807) is 18.3 Å². The van der Waals surface area contributed by atoms with Crippen LogP contribution in [-0.2, 0) is 0 Å². The van der Waals surface area contributed by atoms with Crippen LogP contribution < -0.4 is 9.72 Å². The molecule has 1 unspecified atom stereocenters. The maximum absolute atomic E-state index is 13.5. The highest BCUT2D eigenvalue weighted by Crippen LogP contribution is 2.38. The number of amides is 1. The molecule has 134 valence electrons. The van der Waals surface area contributed by atoms with Gasteiger partial charge in [-0.1, -0.05) is 12.1 Å². The predicted octanol–water partition coefficient (Wildman–Crippen LogP) is 3.06. The number of fused-ring (bicyclic) bond motifs is 1. The quantitative estimate of drug-likeness (QED) is 0.702. The first kappa shape index (κ1) is 16.6. The second-order valence-corrected chi connectivity index (χ2v) is 6.32. The average Bonchev–Trinajstić information content (AvgIpc) is 3.39. The molecule has 5 nitrogen and oxygen atoms in total. The number of carbonyl (C=O) groups is 1. The van der Waals surface area contributed by atoms with Gasteiger partial charge in [-0.25, -0.2) is 4.98 Å². The van der Waals surface area contributed by atoms with Gasteiger partial charge in [-0.3, -0.25) is 9.78 Å². The number of imidazole rings is 1. The van der Waals surface area contributed by atoms with E-state index in [1.165, 1.54) is 24.4 Å². The van der Waals surface area contributed by atoms with E-state index in [1.807, 2.05) is 10.5 Å². The molecular formula is C18H16F3N4O+. The number of nitrogens with one attached hydrogen (secondary N) is 2. The fourth-order valence-electron chi connectivity index (χ4n) is 3.01. The molecule has 1 atom stereocenters. The van der Waals surface area contributed by atoms with Gasteiger partial charge in [0.1, 0.15) is 0 Å². The number of hydrogen-bond acceptors (Lipinski definition) is 2. The number of nitrogens with zero attached hydrogens (tertiary/aromatic N) is 2. The number of aromatic amines is 1. The number of hydrogen-bond donors (Lipinski definition) is 2. The molecule has 1 aliphatic carbocycles. The molecular weight excluding hydrogens is 345 g/mol. The lowest BCUT2D eigenvalue weighted by Crippen LogP contribution is -2.39. The molecule has 26 heavy (non-hydrogen) atoms. The summed E-state index contributed by atoms with van der Waals surface area (Å²) in [5, 5.41) is 2.08. The van der Waals surface area contributed by atoms with E-state index >= 15 is 0 Å². The Morgan fingerprint density at radius 3 is 2.65 bits per heavy atom. The zero-order valence-corrected chi connectivity index (χ0v) is 13.6. The first-order valence-corrected chi connectivity index (χ1v) is 8.26. The Balaban J connectivity index is 1.70. The molecule has 2 N–H and O–H groups in total. The standard InChI is InChI=1S/C18H15F3N4O/c19-18(20,21)15(12-5-1-3-9-22-12)24-17(26)14-13-6-2-4-10-25(13)16(23-14)11-7-8-11/h1-6,9-11,15H,7-8H2,(H,24,26)/p+1. The second kappa shape index (κ2) is 6.12. The number of H-pyrrole nitrogens is 1. The zero-order valence-electron chi connectivity index (χ0n) is 13.6. The van der Waals surface area contributed by atoms with Crippen LogP contribution in [0.25, 0.3) is 5.52 Å². The lowest BCUT2D eigenvalue weighted by molar-refractivity contribution is -0.521. The molecule has 0 spiro atoms. The van der Waals surface area contributed by atoms with Crippen molar-refractivity contribution in [2.24, 2.45) is 0 Å². The van der Waals surface area contributed by atoms with E-state index in [2.05, 4.69) is 15.3 Å². The Bertz CT molecular complexity index is 948. The van der Waals surface area contributed by atoms with Crippen LogP contribution in [0.2, 0.25) is 0 Å². The van der Waals surface area contributed by atoms with Gasteiger partial charge in [0, 0.05) is 6.20 Å². The van der Waals surface area contributed by atoms with E-state index < -0.39 is 18.1 Å². The van der Waals surface area contributed by atoms with E-state index in [0.717, 1.165) is 18.7 Å². The van der Waals surface area contributed by atoms with Gasteiger partial charge in [-0.2, -0.15) is 17.6 Å². The van der Waals surface area contributed by atoms with Gasteiger partial charge in [0.15, 0.2) is 11.6 Å². The topological polar surface area (TPSA) is 61.9 Å². The van der Waals surface area contributed by atoms with Gasteiger partial charge >= 0.3 is 6.18 Å². The summed E-state index contributed by atoms with van der Waals surface area (Å²) in [6, 6.07) is 7.33. The molecule has 3 aromatic rings. The summed E-state index contributed by atoms with van der Waals surface area (Å²) < 4.78 is 42.2. The monoisotopic (exact) mass is 361 g/mol. The van der Waals surface area contributed by atoms with E-state index in [9.17, 15) is 18.0 Å². The van der Waals surface area contributed by atoms with Gasteiger partial charge in [-0.05, 0) is 37.1 Å². The molecule has 1 fully saturated rings. The molecule has 8 heteroatoms.